The van der Waals surface area contributed by atoms with E-state index in [0.717, 1.165) is 54.9 Å². The maximum atomic E-state index is 13.7. The van der Waals surface area contributed by atoms with Gasteiger partial charge in [-0.25, -0.2) is 4.39 Å². The molecule has 5 rings (SSSR count). The zero-order chi connectivity index (χ0) is 25.2. The lowest BCUT2D eigenvalue weighted by atomic mass is 9.69. The smallest absolute Gasteiger partial charge is 0.137 e. The fourth-order valence-electron chi connectivity index (χ4n) is 6.58. The minimum absolute atomic E-state index is 0. The van der Waals surface area contributed by atoms with Gasteiger partial charge in [0, 0.05) is 18.8 Å². The molecular formula is C33H41FO2S. The molecule has 3 aromatic carbocycles. The van der Waals surface area contributed by atoms with Crippen LogP contribution in [0.2, 0.25) is 0 Å². The van der Waals surface area contributed by atoms with Gasteiger partial charge in [0.2, 0.25) is 0 Å². The molecule has 0 aromatic heterocycles. The molecule has 0 radical (unpaired) electrons. The first-order valence-electron chi connectivity index (χ1n) is 13.4. The van der Waals surface area contributed by atoms with Crippen LogP contribution in [0.15, 0.2) is 66.7 Å². The molecule has 1 saturated carbocycles. The molecule has 2 aliphatic rings. The topological polar surface area (TPSA) is 18.5 Å². The van der Waals surface area contributed by atoms with Crippen molar-refractivity contribution in [3.63, 3.8) is 0 Å². The SMILES string of the molecule is C.CC(C)CC1CC(Oc2ccc(C3c4ccc(OS)cc4CCC3c3ccc(F)cc3)cc2)CC1C. The second kappa shape index (κ2) is 11.9. The molecule has 0 heterocycles. The first-order chi connectivity index (χ1) is 17.4. The summed E-state index contributed by atoms with van der Waals surface area (Å²) in [4.78, 5) is 0. The van der Waals surface area contributed by atoms with Gasteiger partial charge >= 0.3 is 0 Å². The highest BCUT2D eigenvalue weighted by molar-refractivity contribution is 7.75. The van der Waals surface area contributed by atoms with Crippen molar-refractivity contribution in [2.75, 3.05) is 0 Å². The minimum atomic E-state index is -0.194. The van der Waals surface area contributed by atoms with Gasteiger partial charge in [0.1, 0.15) is 17.3 Å². The lowest BCUT2D eigenvalue weighted by Crippen LogP contribution is -2.20. The van der Waals surface area contributed by atoms with E-state index in [1.165, 1.54) is 28.7 Å². The summed E-state index contributed by atoms with van der Waals surface area (Å²) in [6, 6.07) is 22.0. The average molecular weight is 521 g/mol. The molecule has 2 nitrogen and oxygen atoms in total. The van der Waals surface area contributed by atoms with Crippen molar-refractivity contribution in [1.29, 1.82) is 0 Å². The van der Waals surface area contributed by atoms with Crippen molar-refractivity contribution in [3.8, 4) is 11.5 Å². The zero-order valence-electron chi connectivity index (χ0n) is 21.5. The van der Waals surface area contributed by atoms with E-state index in [1.54, 1.807) is 12.1 Å². The second-order valence-corrected chi connectivity index (χ2v) is 11.5. The predicted molar refractivity (Wildman–Crippen MR) is 154 cm³/mol. The first-order valence-corrected chi connectivity index (χ1v) is 13.7. The van der Waals surface area contributed by atoms with Crippen LogP contribution < -0.4 is 8.92 Å². The Bertz CT molecular complexity index is 1160. The van der Waals surface area contributed by atoms with E-state index in [1.807, 2.05) is 18.2 Å². The van der Waals surface area contributed by atoms with Crippen LogP contribution in [0.25, 0.3) is 0 Å². The Morgan fingerprint density at radius 3 is 2.27 bits per heavy atom. The highest BCUT2D eigenvalue weighted by Crippen LogP contribution is 2.47. The number of hydrogen-bond acceptors (Lipinski definition) is 3. The van der Waals surface area contributed by atoms with Crippen molar-refractivity contribution in [2.24, 2.45) is 17.8 Å². The van der Waals surface area contributed by atoms with Crippen molar-refractivity contribution in [3.05, 3.63) is 94.8 Å². The summed E-state index contributed by atoms with van der Waals surface area (Å²) < 4.78 is 25.3. The Labute approximate surface area is 228 Å². The lowest BCUT2D eigenvalue weighted by Gasteiger charge is -2.35. The van der Waals surface area contributed by atoms with Crippen LogP contribution in [0.1, 0.15) is 88.0 Å². The third-order valence-corrected chi connectivity index (χ3v) is 8.51. The summed E-state index contributed by atoms with van der Waals surface area (Å²) in [5, 5.41) is 0. The number of hydrogen-bond donors (Lipinski definition) is 1. The van der Waals surface area contributed by atoms with Gasteiger partial charge < -0.3 is 8.92 Å². The third kappa shape index (κ3) is 6.17. The Kier molecular flexibility index (Phi) is 8.90. The zero-order valence-corrected chi connectivity index (χ0v) is 22.4. The molecule has 0 spiro atoms. The van der Waals surface area contributed by atoms with Crippen molar-refractivity contribution >= 4 is 12.9 Å². The van der Waals surface area contributed by atoms with Crippen LogP contribution in [-0.4, -0.2) is 6.10 Å². The average Bonchev–Trinajstić information content (AvgIpc) is 3.21. The van der Waals surface area contributed by atoms with Crippen LogP contribution in [-0.2, 0) is 6.42 Å². The van der Waals surface area contributed by atoms with Crippen molar-refractivity contribution in [1.82, 2.24) is 0 Å². The highest BCUT2D eigenvalue weighted by atomic mass is 32.1. The molecule has 0 amide bonds. The van der Waals surface area contributed by atoms with Gasteiger partial charge in [0.05, 0.1) is 6.10 Å². The number of ether oxygens (including phenoxy) is 1. The fourth-order valence-corrected chi connectivity index (χ4v) is 6.70. The number of benzene rings is 3. The lowest BCUT2D eigenvalue weighted by molar-refractivity contribution is 0.200. The number of thiol groups is 1. The van der Waals surface area contributed by atoms with Crippen LogP contribution in [0.4, 0.5) is 4.39 Å². The normalized spacial score (nSPS) is 24.9. The summed E-state index contributed by atoms with van der Waals surface area (Å²) in [6.45, 7) is 7.00. The predicted octanol–water partition coefficient (Wildman–Crippen LogP) is 9.39. The van der Waals surface area contributed by atoms with Crippen LogP contribution in [0, 0.1) is 23.6 Å². The molecule has 37 heavy (non-hydrogen) atoms. The Morgan fingerprint density at radius 1 is 0.919 bits per heavy atom. The van der Waals surface area contributed by atoms with Gasteiger partial charge in [-0.15, -0.1) is 0 Å². The summed E-state index contributed by atoms with van der Waals surface area (Å²) in [5.74, 6) is 4.20. The fraction of sp³-hybridized carbons (Fsp3) is 0.455. The monoisotopic (exact) mass is 520 g/mol. The number of fused-ring (bicyclic) bond motifs is 1. The van der Waals surface area contributed by atoms with E-state index in [2.05, 4.69) is 70.1 Å². The quantitative estimate of drug-likeness (QED) is 0.247. The van der Waals surface area contributed by atoms with E-state index in [9.17, 15) is 4.39 Å². The summed E-state index contributed by atoms with van der Waals surface area (Å²) in [7, 11) is 0. The van der Waals surface area contributed by atoms with Gasteiger partial charge in [-0.05, 0) is 114 Å². The maximum Gasteiger partial charge on any atom is 0.137 e. The Hall–Kier alpha value is -2.46. The molecule has 0 saturated heterocycles. The van der Waals surface area contributed by atoms with Crippen LogP contribution in [0.5, 0.6) is 11.5 Å². The molecule has 0 N–H and O–H groups in total. The van der Waals surface area contributed by atoms with E-state index in [-0.39, 0.29) is 25.1 Å². The van der Waals surface area contributed by atoms with Gasteiger partial charge in [-0.2, -0.15) is 0 Å². The van der Waals surface area contributed by atoms with E-state index >= 15 is 0 Å². The largest absolute Gasteiger partial charge is 0.490 e. The molecule has 198 valence electrons. The van der Waals surface area contributed by atoms with E-state index < -0.39 is 0 Å². The van der Waals surface area contributed by atoms with Gasteiger partial charge in [-0.3, -0.25) is 0 Å². The van der Waals surface area contributed by atoms with Crippen molar-refractivity contribution in [2.45, 2.75) is 78.2 Å². The molecule has 0 aliphatic heterocycles. The second-order valence-electron chi connectivity index (χ2n) is 11.3. The molecule has 4 heteroatoms. The summed E-state index contributed by atoms with van der Waals surface area (Å²) >= 11 is 3.99. The molecule has 5 unspecified atom stereocenters. The van der Waals surface area contributed by atoms with Gasteiger partial charge in [-0.1, -0.05) is 58.5 Å². The first kappa shape index (κ1) is 27.6. The van der Waals surface area contributed by atoms with Gasteiger partial charge in [0.15, 0.2) is 0 Å². The van der Waals surface area contributed by atoms with E-state index in [4.69, 9.17) is 8.92 Å². The molecule has 0 bridgehead atoms. The number of halogens is 1. The van der Waals surface area contributed by atoms with E-state index in [0.29, 0.717) is 6.10 Å². The van der Waals surface area contributed by atoms with Crippen LogP contribution >= 0.6 is 12.9 Å². The summed E-state index contributed by atoms with van der Waals surface area (Å²) in [6.07, 6.45) is 5.82. The van der Waals surface area contributed by atoms with Crippen molar-refractivity contribution < 1.29 is 13.3 Å². The highest BCUT2D eigenvalue weighted by Gasteiger charge is 2.34. The number of rotatable bonds is 7. The molecule has 1 fully saturated rings. The Morgan fingerprint density at radius 2 is 1.59 bits per heavy atom. The standard InChI is InChI=1S/C32H37FO2S.CH4/c1-20(2)16-25-19-29(17-21(25)3)34-27-11-6-23(7-12-27)32-30(22-4-9-26(33)10-5-22)14-8-24-18-28(35-36)13-15-31(24)32;/h4-7,9-13,15,18,20-21,25,29-30,32,36H,8,14,16-17,19H2,1-3H3;1H4. The third-order valence-electron chi connectivity index (χ3n) is 8.30. The van der Waals surface area contributed by atoms with Crippen LogP contribution in [0.3, 0.4) is 0 Å². The molecular weight excluding hydrogens is 479 g/mol. The maximum absolute atomic E-state index is 13.7. The molecule has 5 atom stereocenters. The Balaban J connectivity index is 0.00000320. The number of aryl methyl sites for hydroxylation is 1. The molecule has 3 aromatic rings. The summed E-state index contributed by atoms with van der Waals surface area (Å²) in [5.41, 5.74) is 5.04. The minimum Gasteiger partial charge on any atom is -0.490 e. The molecule has 2 aliphatic carbocycles. The van der Waals surface area contributed by atoms with Gasteiger partial charge in [0.25, 0.3) is 0 Å².